The summed E-state index contributed by atoms with van der Waals surface area (Å²) >= 11 is -0.972. The normalized spacial score (nSPS) is 4.50. The minimum Gasteiger partial charge on any atom is -1.00 e. The molecule has 0 amide bonds. The van der Waals surface area contributed by atoms with Crippen LogP contribution in [0, 0.1) is 0 Å². The van der Waals surface area contributed by atoms with Crippen LogP contribution in [-0.2, 0) is 0 Å². The third-order valence-electron chi connectivity index (χ3n) is 0. The van der Waals surface area contributed by atoms with E-state index >= 15 is 0 Å². The van der Waals surface area contributed by atoms with Crippen LogP contribution in [0.1, 0.15) is 0 Å². The van der Waals surface area contributed by atoms with Crippen LogP contribution >= 0.6 is 16.6 Å². The topological polar surface area (TPSA) is 0 Å². The first kappa shape index (κ1) is 9.06. The zero-order chi connectivity index (χ0) is 2.71. The molecule has 0 heterocycles. The van der Waals surface area contributed by atoms with Gasteiger partial charge in [0, 0.05) is 0 Å². The number of halogens is 3. The summed E-state index contributed by atoms with van der Waals surface area (Å²) in [5.41, 5.74) is 0. The van der Waals surface area contributed by atoms with Gasteiger partial charge in [0.05, 0.1) is 0 Å². The second kappa shape index (κ2) is 8.83. The molecule has 0 rings (SSSR count). The van der Waals surface area contributed by atoms with Crippen molar-refractivity contribution >= 4 is 38.4 Å². The maximum atomic E-state index is 4.96. The van der Waals surface area contributed by atoms with Crippen LogP contribution in [0.3, 0.4) is 0 Å². The fourth-order valence-corrected chi connectivity index (χ4v) is 0. The van der Waals surface area contributed by atoms with Gasteiger partial charge in [0.1, 0.15) is 0 Å². The van der Waals surface area contributed by atoms with Gasteiger partial charge in [-0.2, -0.15) is 0 Å². The Balaban J connectivity index is 0. The van der Waals surface area contributed by atoms with Gasteiger partial charge in [0.25, 0.3) is 0 Å². The molecule has 0 saturated heterocycles. The van der Waals surface area contributed by atoms with Gasteiger partial charge in [0.2, 0.25) is 0 Å². The molecule has 26 valence electrons. The number of rotatable bonds is 0. The van der Waals surface area contributed by atoms with E-state index in [-0.39, 0.29) is 4.70 Å². The zero-order valence-electron chi connectivity index (χ0n) is 1.63. The SMILES string of the molecule is [Cl][Pb][Cl].[F-]. The average Bonchev–Trinajstić information content (AvgIpc) is 0.918. The van der Waals surface area contributed by atoms with Crippen molar-refractivity contribution in [2.45, 2.75) is 0 Å². The van der Waals surface area contributed by atoms with Crippen molar-refractivity contribution in [3.05, 3.63) is 0 Å². The summed E-state index contributed by atoms with van der Waals surface area (Å²) in [6.07, 6.45) is 0. The quantitative estimate of drug-likeness (QED) is 0.454. The maximum absolute atomic E-state index is 4.96. The molecule has 0 N–H and O–H groups in total. The zero-order valence-corrected chi connectivity index (χ0v) is 7.03. The van der Waals surface area contributed by atoms with Gasteiger partial charge in [-0.25, -0.2) is 0 Å². The summed E-state index contributed by atoms with van der Waals surface area (Å²) in [4.78, 5) is 0. The first-order valence-electron chi connectivity index (χ1n) is 0.378. The largest absolute Gasteiger partial charge is 1.00 e. The molecule has 0 fully saturated rings. The van der Waals surface area contributed by atoms with Crippen LogP contribution in [0.4, 0.5) is 0 Å². The molecular weight excluding hydrogens is 297 g/mol. The van der Waals surface area contributed by atoms with Crippen molar-refractivity contribution in [3.63, 3.8) is 0 Å². The van der Waals surface area contributed by atoms with Crippen molar-refractivity contribution in [3.8, 4) is 0 Å². The van der Waals surface area contributed by atoms with E-state index in [0.29, 0.717) is 0 Å². The maximum Gasteiger partial charge on any atom is -1.00 e. The number of hydrogen-bond donors (Lipinski definition) is 0. The predicted octanol–water partition coefficient (Wildman–Crippen LogP) is -2.00. The molecule has 0 atom stereocenters. The Bertz CT molecular complexity index is 6.00. The molecule has 0 unspecified atom stereocenters. The van der Waals surface area contributed by atoms with Gasteiger partial charge in [-0.15, -0.1) is 0 Å². The Morgan fingerprint density at radius 1 is 1.25 bits per heavy atom. The Morgan fingerprint density at radius 2 is 1.25 bits per heavy atom. The molecule has 0 aromatic rings. The van der Waals surface area contributed by atoms with E-state index in [9.17, 15) is 0 Å². The molecular formula is Cl2FPb-. The van der Waals surface area contributed by atoms with E-state index in [1.54, 1.807) is 0 Å². The fraction of sp³-hybridized carbons (Fsp3) is 0. The molecule has 0 spiro atoms. The third kappa shape index (κ3) is 9.90. The van der Waals surface area contributed by atoms with E-state index < -0.39 is 21.8 Å². The Morgan fingerprint density at radius 3 is 1.25 bits per heavy atom. The van der Waals surface area contributed by atoms with Gasteiger partial charge in [0.15, 0.2) is 0 Å². The van der Waals surface area contributed by atoms with Crippen molar-refractivity contribution in [2.75, 3.05) is 0 Å². The summed E-state index contributed by atoms with van der Waals surface area (Å²) < 4.78 is 0. The fourth-order valence-electron chi connectivity index (χ4n) is 0. The minimum atomic E-state index is -0.972. The summed E-state index contributed by atoms with van der Waals surface area (Å²) in [6.45, 7) is 0. The summed E-state index contributed by atoms with van der Waals surface area (Å²) in [6, 6.07) is 0. The Kier molecular flexibility index (Phi) is 20.0. The molecule has 0 aromatic carbocycles. The first-order chi connectivity index (χ1) is 1.41. The van der Waals surface area contributed by atoms with Crippen molar-refractivity contribution in [2.24, 2.45) is 0 Å². The van der Waals surface area contributed by atoms with Crippen molar-refractivity contribution in [1.82, 2.24) is 0 Å². The molecule has 4 heavy (non-hydrogen) atoms. The van der Waals surface area contributed by atoms with Crippen LogP contribution < -0.4 is 4.70 Å². The molecule has 4 heteroatoms. The molecule has 0 bridgehead atoms. The molecule has 0 aliphatic heterocycles. The van der Waals surface area contributed by atoms with Gasteiger partial charge >= 0.3 is 38.4 Å². The van der Waals surface area contributed by atoms with E-state index in [4.69, 9.17) is 16.6 Å². The third-order valence-corrected chi connectivity index (χ3v) is 0. The molecule has 0 nitrogen and oxygen atoms in total. The number of hydrogen-bond acceptors (Lipinski definition) is 0. The van der Waals surface area contributed by atoms with Crippen LogP contribution in [0.5, 0.6) is 0 Å². The van der Waals surface area contributed by atoms with E-state index in [0.717, 1.165) is 0 Å². The molecule has 2 radical (unpaired) electrons. The van der Waals surface area contributed by atoms with E-state index in [2.05, 4.69) is 0 Å². The van der Waals surface area contributed by atoms with Gasteiger partial charge in [-0.1, -0.05) is 0 Å². The van der Waals surface area contributed by atoms with Gasteiger partial charge in [-0.3, -0.25) is 0 Å². The van der Waals surface area contributed by atoms with Gasteiger partial charge in [-0.05, 0) is 0 Å². The van der Waals surface area contributed by atoms with Crippen molar-refractivity contribution in [1.29, 1.82) is 0 Å². The van der Waals surface area contributed by atoms with E-state index in [1.807, 2.05) is 0 Å². The summed E-state index contributed by atoms with van der Waals surface area (Å²) in [7, 11) is 9.92. The summed E-state index contributed by atoms with van der Waals surface area (Å²) in [5, 5.41) is 0. The Hall–Kier alpha value is 1.43. The first-order valence-corrected chi connectivity index (χ1v) is 9.95. The molecule has 0 aliphatic rings. The van der Waals surface area contributed by atoms with Crippen LogP contribution in [0.25, 0.3) is 0 Å². The Labute approximate surface area is 43.0 Å². The van der Waals surface area contributed by atoms with Crippen LogP contribution in [-0.4, -0.2) is 21.8 Å². The summed E-state index contributed by atoms with van der Waals surface area (Å²) in [5.74, 6) is 0. The van der Waals surface area contributed by atoms with Crippen LogP contribution in [0.15, 0.2) is 0 Å². The van der Waals surface area contributed by atoms with Crippen LogP contribution in [0.2, 0.25) is 0 Å². The second-order valence-electron chi connectivity index (χ2n) is 0.0714. The molecule has 0 aliphatic carbocycles. The smallest absolute Gasteiger partial charge is 1.00 e. The predicted molar refractivity (Wildman–Crippen MR) is 17.5 cm³/mol. The average molecular weight is 297 g/mol. The van der Waals surface area contributed by atoms with E-state index in [1.165, 1.54) is 0 Å². The second-order valence-corrected chi connectivity index (χ2v) is 5.64. The molecule has 0 aromatic heterocycles. The standard InChI is InChI=1S/2ClH.FH.Pb/h3*1H;/q;;;+2/p-3. The monoisotopic (exact) mass is 297 g/mol. The van der Waals surface area contributed by atoms with Crippen molar-refractivity contribution < 1.29 is 4.70 Å². The molecule has 0 saturated carbocycles. The minimum absolute atomic E-state index is 0. The van der Waals surface area contributed by atoms with Gasteiger partial charge < -0.3 is 4.70 Å².